The van der Waals surface area contributed by atoms with Gasteiger partial charge in [-0.2, -0.15) is 5.10 Å². The zero-order valence-electron chi connectivity index (χ0n) is 17.0. The van der Waals surface area contributed by atoms with Crippen molar-refractivity contribution in [3.63, 3.8) is 0 Å². The smallest absolute Gasteiger partial charge is 0.343 e. The van der Waals surface area contributed by atoms with E-state index >= 15 is 0 Å². The van der Waals surface area contributed by atoms with Crippen LogP contribution in [-0.4, -0.2) is 18.1 Å². The minimum absolute atomic E-state index is 0.204. The number of benzene rings is 4. The van der Waals surface area contributed by atoms with Crippen molar-refractivity contribution in [2.24, 2.45) is 5.10 Å². The number of carbonyl (C=O) groups excluding carboxylic acids is 2. The number of rotatable bonds is 6. The molecule has 0 radical (unpaired) electrons. The first-order chi connectivity index (χ1) is 15.6. The van der Waals surface area contributed by atoms with Crippen LogP contribution in [0, 0.1) is 0 Å². The quantitative estimate of drug-likeness (QED) is 0.188. The molecular formula is C26H19ClN2O3. The van der Waals surface area contributed by atoms with Crippen LogP contribution in [0.2, 0.25) is 5.02 Å². The molecule has 32 heavy (non-hydrogen) atoms. The molecule has 4 rings (SSSR count). The van der Waals surface area contributed by atoms with Crippen molar-refractivity contribution < 1.29 is 14.3 Å². The van der Waals surface area contributed by atoms with Crippen molar-refractivity contribution in [2.45, 2.75) is 6.42 Å². The molecule has 0 atom stereocenters. The van der Waals surface area contributed by atoms with Crippen LogP contribution in [0.25, 0.3) is 10.8 Å². The van der Waals surface area contributed by atoms with Gasteiger partial charge in [-0.05, 0) is 64.4 Å². The molecule has 5 nitrogen and oxygen atoms in total. The van der Waals surface area contributed by atoms with Gasteiger partial charge in [-0.1, -0.05) is 60.1 Å². The van der Waals surface area contributed by atoms with Crippen molar-refractivity contribution in [3.05, 3.63) is 113 Å². The lowest BCUT2D eigenvalue weighted by molar-refractivity contribution is -0.120. The first-order valence-electron chi connectivity index (χ1n) is 9.95. The van der Waals surface area contributed by atoms with E-state index in [1.54, 1.807) is 48.5 Å². The van der Waals surface area contributed by atoms with Gasteiger partial charge >= 0.3 is 5.97 Å². The minimum Gasteiger partial charge on any atom is -0.423 e. The van der Waals surface area contributed by atoms with Crippen molar-refractivity contribution >= 4 is 40.5 Å². The molecular weight excluding hydrogens is 424 g/mol. The summed E-state index contributed by atoms with van der Waals surface area (Å²) in [5.41, 5.74) is 4.62. The summed E-state index contributed by atoms with van der Waals surface area (Å²) < 4.78 is 5.34. The van der Waals surface area contributed by atoms with Crippen molar-refractivity contribution in [3.8, 4) is 5.75 Å². The first kappa shape index (κ1) is 21.3. The molecule has 0 spiro atoms. The third-order valence-electron chi connectivity index (χ3n) is 4.78. The van der Waals surface area contributed by atoms with E-state index in [0.717, 1.165) is 21.9 Å². The molecule has 0 fully saturated rings. The molecule has 0 heterocycles. The molecule has 0 aliphatic rings. The third-order valence-corrected chi connectivity index (χ3v) is 5.02. The summed E-state index contributed by atoms with van der Waals surface area (Å²) >= 11 is 5.90. The number of esters is 1. The highest BCUT2D eigenvalue weighted by Crippen LogP contribution is 2.19. The van der Waals surface area contributed by atoms with Crippen LogP contribution in [0.3, 0.4) is 0 Å². The zero-order chi connectivity index (χ0) is 22.3. The van der Waals surface area contributed by atoms with Gasteiger partial charge in [0, 0.05) is 5.02 Å². The van der Waals surface area contributed by atoms with Gasteiger partial charge in [0.2, 0.25) is 5.91 Å². The Bertz CT molecular complexity index is 1290. The highest BCUT2D eigenvalue weighted by Gasteiger charge is 2.09. The highest BCUT2D eigenvalue weighted by molar-refractivity contribution is 6.30. The van der Waals surface area contributed by atoms with E-state index in [4.69, 9.17) is 16.3 Å². The summed E-state index contributed by atoms with van der Waals surface area (Å²) in [6, 6.07) is 27.2. The standard InChI is InChI=1S/C26H19ClN2O3/c27-22-9-4-8-21(15-22)26(31)32-23-13-11-18(12-14-23)17-28-29-25(30)16-20-7-3-6-19-5-1-2-10-24(19)20/h1-15,17H,16H2,(H,29,30)/b28-17-. The molecule has 0 saturated carbocycles. The Hall–Kier alpha value is -3.96. The first-order valence-corrected chi connectivity index (χ1v) is 10.3. The number of fused-ring (bicyclic) bond motifs is 1. The van der Waals surface area contributed by atoms with E-state index in [0.29, 0.717) is 16.3 Å². The highest BCUT2D eigenvalue weighted by atomic mass is 35.5. The second-order valence-corrected chi connectivity index (χ2v) is 7.51. The summed E-state index contributed by atoms with van der Waals surface area (Å²) in [7, 11) is 0. The van der Waals surface area contributed by atoms with Crippen molar-refractivity contribution in [1.29, 1.82) is 0 Å². The topological polar surface area (TPSA) is 67.8 Å². The van der Waals surface area contributed by atoms with Gasteiger partial charge in [0.05, 0.1) is 18.2 Å². The monoisotopic (exact) mass is 442 g/mol. The molecule has 1 amide bonds. The molecule has 4 aromatic carbocycles. The normalized spacial score (nSPS) is 10.9. The minimum atomic E-state index is -0.491. The molecule has 0 bridgehead atoms. The molecule has 0 aliphatic carbocycles. The number of hydrogen-bond donors (Lipinski definition) is 1. The lowest BCUT2D eigenvalue weighted by Crippen LogP contribution is -2.19. The summed E-state index contributed by atoms with van der Waals surface area (Å²) in [6.45, 7) is 0. The number of nitrogens with zero attached hydrogens (tertiary/aromatic N) is 1. The van der Waals surface area contributed by atoms with Gasteiger partial charge in [0.15, 0.2) is 0 Å². The largest absolute Gasteiger partial charge is 0.423 e. The van der Waals surface area contributed by atoms with Crippen LogP contribution in [0.4, 0.5) is 0 Å². The number of hydrogen-bond acceptors (Lipinski definition) is 4. The number of ether oxygens (including phenoxy) is 1. The maximum absolute atomic E-state index is 12.3. The van der Waals surface area contributed by atoms with Crippen LogP contribution in [0.1, 0.15) is 21.5 Å². The molecule has 0 unspecified atom stereocenters. The SMILES string of the molecule is O=C(Cc1cccc2ccccc12)N/N=C\c1ccc(OC(=O)c2cccc(Cl)c2)cc1. The van der Waals surface area contributed by atoms with E-state index in [1.807, 2.05) is 42.5 Å². The average molecular weight is 443 g/mol. The molecule has 4 aromatic rings. The second kappa shape index (κ2) is 9.90. The van der Waals surface area contributed by atoms with E-state index in [2.05, 4.69) is 10.5 Å². The van der Waals surface area contributed by atoms with E-state index in [1.165, 1.54) is 6.21 Å². The predicted molar refractivity (Wildman–Crippen MR) is 126 cm³/mol. The molecule has 0 aromatic heterocycles. The zero-order valence-corrected chi connectivity index (χ0v) is 17.8. The van der Waals surface area contributed by atoms with E-state index in [-0.39, 0.29) is 12.3 Å². The van der Waals surface area contributed by atoms with Crippen molar-refractivity contribution in [2.75, 3.05) is 0 Å². The Morgan fingerprint density at radius 3 is 2.47 bits per heavy atom. The van der Waals surface area contributed by atoms with Crippen LogP contribution in [0.5, 0.6) is 5.75 Å². The fourth-order valence-corrected chi connectivity index (χ4v) is 3.43. The number of carbonyl (C=O) groups is 2. The third kappa shape index (κ3) is 5.39. The molecule has 6 heteroatoms. The molecule has 158 valence electrons. The van der Waals surface area contributed by atoms with Gasteiger partial charge in [-0.15, -0.1) is 0 Å². The van der Waals surface area contributed by atoms with Crippen LogP contribution >= 0.6 is 11.6 Å². The lowest BCUT2D eigenvalue weighted by atomic mass is 10.0. The number of hydrazone groups is 1. The van der Waals surface area contributed by atoms with Gasteiger partial charge in [-0.25, -0.2) is 10.2 Å². The summed E-state index contributed by atoms with van der Waals surface area (Å²) in [5.74, 6) is -0.300. The Morgan fingerprint density at radius 1 is 0.906 bits per heavy atom. The lowest BCUT2D eigenvalue weighted by Gasteiger charge is -2.06. The summed E-state index contributed by atoms with van der Waals surface area (Å²) in [4.78, 5) is 24.5. The Kier molecular flexibility index (Phi) is 6.58. The van der Waals surface area contributed by atoms with Crippen LogP contribution < -0.4 is 10.2 Å². The molecule has 1 N–H and O–H groups in total. The van der Waals surface area contributed by atoms with Crippen molar-refractivity contribution in [1.82, 2.24) is 5.43 Å². The molecule has 0 aliphatic heterocycles. The summed E-state index contributed by atoms with van der Waals surface area (Å²) in [5, 5.41) is 6.63. The number of nitrogens with one attached hydrogen (secondary N) is 1. The Balaban J connectivity index is 1.32. The van der Waals surface area contributed by atoms with Crippen LogP contribution in [-0.2, 0) is 11.2 Å². The average Bonchev–Trinajstić information content (AvgIpc) is 2.80. The maximum Gasteiger partial charge on any atom is 0.343 e. The maximum atomic E-state index is 12.3. The van der Waals surface area contributed by atoms with Crippen LogP contribution in [0.15, 0.2) is 96.1 Å². The predicted octanol–water partition coefficient (Wildman–Crippen LogP) is 5.41. The van der Waals surface area contributed by atoms with Gasteiger partial charge in [0.1, 0.15) is 5.75 Å². The fourth-order valence-electron chi connectivity index (χ4n) is 3.24. The second-order valence-electron chi connectivity index (χ2n) is 7.08. The Morgan fingerprint density at radius 2 is 1.66 bits per heavy atom. The molecule has 0 saturated heterocycles. The van der Waals surface area contributed by atoms with E-state index in [9.17, 15) is 9.59 Å². The van der Waals surface area contributed by atoms with Gasteiger partial charge in [0.25, 0.3) is 0 Å². The Labute approximate surface area is 190 Å². The number of amides is 1. The fraction of sp³-hybridized carbons (Fsp3) is 0.0385. The number of halogens is 1. The summed E-state index contributed by atoms with van der Waals surface area (Å²) in [6.07, 6.45) is 1.76. The van der Waals surface area contributed by atoms with E-state index < -0.39 is 5.97 Å². The van der Waals surface area contributed by atoms with Gasteiger partial charge in [-0.3, -0.25) is 4.79 Å². The van der Waals surface area contributed by atoms with Gasteiger partial charge < -0.3 is 4.74 Å².